The Hall–Kier alpha value is -5.36. The molecule has 22 nitrogen and oxygen atoms in total. The Morgan fingerprint density at radius 1 is 0.659 bits per heavy atom. The van der Waals surface area contributed by atoms with Crippen LogP contribution in [0.15, 0.2) is 84.9 Å². The van der Waals surface area contributed by atoms with Crippen LogP contribution in [0.2, 0.25) is 10.0 Å². The van der Waals surface area contributed by atoms with E-state index in [0.717, 1.165) is 126 Å². The van der Waals surface area contributed by atoms with E-state index < -0.39 is 30.1 Å². The van der Waals surface area contributed by atoms with Crippen molar-refractivity contribution in [3.8, 4) is 11.5 Å². The second kappa shape index (κ2) is 39.0. The predicted molar refractivity (Wildman–Crippen MR) is 337 cm³/mol. The number of hydrogen-bond acceptors (Lipinski definition) is 22. The smallest absolute Gasteiger partial charge is 0.793 e. The van der Waals surface area contributed by atoms with Gasteiger partial charge < -0.3 is 63.2 Å². The van der Waals surface area contributed by atoms with Gasteiger partial charge in [-0.1, -0.05) is 23.2 Å². The van der Waals surface area contributed by atoms with Gasteiger partial charge in [0.25, 0.3) is 0 Å². The minimum Gasteiger partial charge on any atom is -0.793 e. The molecule has 4 aliphatic rings. The second-order valence-corrected chi connectivity index (χ2v) is 23.8. The maximum Gasteiger partial charge on any atom is 1.00 e. The third-order valence-corrected chi connectivity index (χ3v) is 15.8. The van der Waals surface area contributed by atoms with Crippen LogP contribution in [0, 0.1) is 13.8 Å². The number of β-amino-alcohol motifs (C(OH)–C–C–N with tert-alkyl or cyclic N) is 2. The number of amides is 2. The number of carbonyl (C=O) groups is 6. The van der Waals surface area contributed by atoms with E-state index in [0.29, 0.717) is 54.3 Å². The Morgan fingerprint density at radius 2 is 1.07 bits per heavy atom. The van der Waals surface area contributed by atoms with Crippen LogP contribution in [0.4, 0.5) is 11.4 Å². The number of nitrogens with two attached hydrogens (primary N) is 1. The van der Waals surface area contributed by atoms with E-state index in [1.165, 1.54) is 6.92 Å². The molecule has 28 heteroatoms. The van der Waals surface area contributed by atoms with Crippen molar-refractivity contribution in [1.29, 1.82) is 0 Å². The summed E-state index contributed by atoms with van der Waals surface area (Å²) in [5.41, 5.74) is 9.26. The van der Waals surface area contributed by atoms with E-state index in [9.17, 15) is 39.0 Å². The van der Waals surface area contributed by atoms with Gasteiger partial charge in [-0.15, -0.1) is 22.7 Å². The number of hydrogen-bond donors (Lipinski definition) is 5. The van der Waals surface area contributed by atoms with Crippen molar-refractivity contribution in [1.82, 2.24) is 25.1 Å². The minimum atomic E-state index is -0.639. The molecule has 4 saturated heterocycles. The average Bonchev–Trinajstić information content (AvgIpc) is 3.22. The summed E-state index contributed by atoms with van der Waals surface area (Å²) in [6, 6.07) is 26.2. The third kappa shape index (κ3) is 26.2. The topological polar surface area (TPSA) is 286 Å². The van der Waals surface area contributed by atoms with Gasteiger partial charge >= 0.3 is 41.5 Å². The molecule has 0 bridgehead atoms. The fourth-order valence-electron chi connectivity index (χ4n) is 9.27. The number of aliphatic hydroxyl groups is 3. The van der Waals surface area contributed by atoms with Gasteiger partial charge in [-0.3, -0.25) is 24.1 Å². The molecule has 2 aromatic heterocycles. The molecule has 6 aromatic rings. The van der Waals surface area contributed by atoms with Crippen molar-refractivity contribution in [3.05, 3.63) is 105 Å². The van der Waals surface area contributed by atoms with E-state index in [-0.39, 0.29) is 73.3 Å². The van der Waals surface area contributed by atoms with Gasteiger partial charge in [0.15, 0.2) is 0 Å². The molecule has 10 rings (SSSR count). The first-order chi connectivity index (χ1) is 41.5. The number of Topliss-reactive ketones (excluding diaryl/α,β-unsaturated/α-hetero) is 1. The minimum absolute atomic E-state index is 0. The molecule has 471 valence electrons. The van der Waals surface area contributed by atoms with Crippen molar-refractivity contribution >= 4 is 121 Å². The van der Waals surface area contributed by atoms with Crippen molar-refractivity contribution in [2.45, 2.75) is 110 Å². The maximum atomic E-state index is 12.9. The van der Waals surface area contributed by atoms with Crippen molar-refractivity contribution < 1.29 is 97.5 Å². The maximum absolute atomic E-state index is 12.9. The van der Waals surface area contributed by atoms with Gasteiger partial charge in [0.05, 0.1) is 42.5 Å². The number of aliphatic hydroxyl groups excluding tert-OH is 3. The van der Waals surface area contributed by atoms with Crippen LogP contribution >= 0.6 is 45.9 Å². The van der Waals surface area contributed by atoms with Crippen molar-refractivity contribution in [2.75, 3.05) is 82.0 Å². The number of anilines is 2. The standard InChI is InChI=1S/C26H31ClN4O3S.C16H20N2O3S.C10H11ClN2O.C4H6O4.C2H3BO2.C2H6O.Na/c1-17-28-24-14-22(6-7-25(24)35-17)34-16-21(32)15-30-11-8-19(9-12-30)29-23-10-13-31(26(23)33)20-4-2-18(27)3-5-20;1-11-17-15-8-14(2-3-16(15)22-11)21-10-13(20)9-18-6-4-12(19)5-7-18;11-7-1-3-8(4-2-7)13-6-5-9(12)10(13)14;1-3(5)7-8-4(2)6;1-2(4)5-3;1-2-3;/h2-7,14,19,21,23,29,32H,8-13,15-16H2,1H3;2-3,8,13,20H,4-7,9-10H2,1H3;1-4,9H,5-6,12H2;1-2H3;1H3;3H,2H2,1H3;/q;;;;-1;;+1/t21-,23-;13-;9-;;;;/m111..../s1. The number of thiazole rings is 2. The predicted octanol–water partition coefficient (Wildman–Crippen LogP) is 3.93. The summed E-state index contributed by atoms with van der Waals surface area (Å²) in [6.45, 7) is 15.7. The number of likely N-dealkylation sites (tertiary alicyclic amines) is 2. The zero-order chi connectivity index (χ0) is 63.6. The van der Waals surface area contributed by atoms with Gasteiger partial charge in [0.2, 0.25) is 17.8 Å². The number of carbonyl (C=O) groups excluding carboxylic acids is 6. The first kappa shape index (κ1) is 75.1. The number of nitrogens with one attached hydrogen (secondary N) is 1. The van der Waals surface area contributed by atoms with Gasteiger partial charge in [-0.2, -0.15) is 0 Å². The number of fused-ring (bicyclic) bond motifs is 2. The van der Waals surface area contributed by atoms with Crippen LogP contribution < -0.4 is 59.9 Å². The van der Waals surface area contributed by atoms with Crippen LogP contribution in [-0.4, -0.2) is 181 Å². The number of rotatable bonds is 14. The zero-order valence-electron chi connectivity index (χ0n) is 50.7. The SMILES string of the molecule is CC(=O)OOC(C)=O.CCO.Cc1nc2cc(OC[C@H](O)CN3CCC(=O)CC3)ccc2s1.Cc1nc2cc(OC[C@H](O)CN3CCC(N[C@@H]4CCN(c5ccc(Cl)cc5)C4=O)CC3)ccc2s1.N[C@@H]1CCN(c2ccc(Cl)cc2)C1=O.[B-]OC(C)=O.[Na+]. The number of aromatic nitrogens is 2. The Morgan fingerprint density at radius 3 is 1.47 bits per heavy atom. The van der Waals surface area contributed by atoms with Gasteiger partial charge in [-0.05, 0) is 132 Å². The first-order valence-corrected chi connectivity index (χ1v) is 30.7. The molecule has 0 saturated carbocycles. The van der Waals surface area contributed by atoms with Crippen LogP contribution in [0.25, 0.3) is 20.4 Å². The molecule has 0 unspecified atom stereocenters. The summed E-state index contributed by atoms with van der Waals surface area (Å²) in [5.74, 6) is 0.157. The van der Waals surface area contributed by atoms with Crippen molar-refractivity contribution in [2.24, 2.45) is 5.73 Å². The monoisotopic (exact) mass is 1300 g/mol. The summed E-state index contributed by atoms with van der Waals surface area (Å²) >= 11 is 15.1. The van der Waals surface area contributed by atoms with Gasteiger partial charge in [0, 0.05) is 119 Å². The van der Waals surface area contributed by atoms with Crippen LogP contribution in [0.5, 0.6) is 11.5 Å². The summed E-state index contributed by atoms with van der Waals surface area (Å²) in [5, 5.41) is 35.2. The molecular formula is C60H77BCl2N8NaO14S2. The summed E-state index contributed by atoms with van der Waals surface area (Å²) in [7, 11) is 4.32. The largest absolute Gasteiger partial charge is 1.00 e. The van der Waals surface area contributed by atoms with Gasteiger partial charge in [0.1, 0.15) is 42.7 Å². The molecule has 0 aliphatic carbocycles. The molecule has 2 amide bonds. The van der Waals surface area contributed by atoms with E-state index in [1.807, 2.05) is 91.5 Å². The van der Waals surface area contributed by atoms with Gasteiger partial charge in [-0.25, -0.2) is 29.3 Å². The zero-order valence-corrected chi connectivity index (χ0v) is 55.9. The van der Waals surface area contributed by atoms with E-state index >= 15 is 0 Å². The van der Waals surface area contributed by atoms with Crippen molar-refractivity contribution in [3.63, 3.8) is 0 Å². The number of aryl methyl sites for hydroxylation is 2. The van der Waals surface area contributed by atoms with Crippen LogP contribution in [-0.2, 0) is 43.2 Å². The van der Waals surface area contributed by atoms with Crippen LogP contribution in [0.1, 0.15) is 76.2 Å². The molecule has 6 heterocycles. The molecule has 3 radical (unpaired) electrons. The number of ether oxygens (including phenoxy) is 2. The number of nitrogens with zero attached hydrogens (tertiary/aromatic N) is 6. The molecule has 4 fully saturated rings. The number of benzene rings is 4. The van der Waals surface area contributed by atoms with E-state index in [1.54, 1.807) is 46.6 Å². The Labute approximate surface area is 554 Å². The molecule has 6 N–H and O–H groups in total. The molecular weight excluding hydrogens is 1230 g/mol. The average molecular weight is 1300 g/mol. The first-order valence-electron chi connectivity index (χ1n) is 28.4. The summed E-state index contributed by atoms with van der Waals surface area (Å²) < 4.78 is 17.4. The molecule has 4 aromatic carbocycles. The number of ketones is 1. The fourth-order valence-corrected chi connectivity index (χ4v) is 11.1. The van der Waals surface area contributed by atoms with E-state index in [2.05, 4.69) is 47.6 Å². The summed E-state index contributed by atoms with van der Waals surface area (Å²) in [6.07, 6.45) is 3.51. The Balaban J connectivity index is 0.000000266. The number of piperidine rings is 2. The van der Waals surface area contributed by atoms with Crippen LogP contribution in [0.3, 0.4) is 0 Å². The fraction of sp³-hybridized carbons (Fsp3) is 0.467. The Kier molecular flexibility index (Phi) is 33.3. The third-order valence-electron chi connectivity index (χ3n) is 13.4. The molecule has 4 aliphatic heterocycles. The molecule has 0 spiro atoms. The number of halogens is 2. The molecule has 4 atom stereocenters. The summed E-state index contributed by atoms with van der Waals surface area (Å²) in [4.78, 5) is 89.3. The normalized spacial score (nSPS) is 17.4. The quantitative estimate of drug-likeness (QED) is 0.0587. The molecule has 88 heavy (non-hydrogen) atoms. The second-order valence-electron chi connectivity index (χ2n) is 20.5. The van der Waals surface area contributed by atoms with E-state index in [4.69, 9.17) is 43.5 Å². The Bertz CT molecular complexity index is 3140.